The fourth-order valence-electron chi connectivity index (χ4n) is 3.45. The van der Waals surface area contributed by atoms with Crippen LogP contribution in [0.15, 0.2) is 53.7 Å². The van der Waals surface area contributed by atoms with Gasteiger partial charge in [-0.25, -0.2) is 4.99 Å². The molecular formula is C23H34IN5. The third-order valence-corrected chi connectivity index (χ3v) is 5.25. The van der Waals surface area contributed by atoms with Crippen molar-refractivity contribution >= 4 is 35.6 Å². The van der Waals surface area contributed by atoms with Gasteiger partial charge in [0.2, 0.25) is 0 Å². The number of nitrogens with one attached hydrogen (secondary N) is 2. The molecule has 3 rings (SSSR count). The summed E-state index contributed by atoms with van der Waals surface area (Å²) in [4.78, 5) is 11.6. The van der Waals surface area contributed by atoms with Crippen LogP contribution in [0.3, 0.4) is 0 Å². The standard InChI is InChI=1S/C23H33N5.HI/c1-3-24-23(26-15-11-21-6-4-5-14-25-21)27-18-20-7-9-22(10-8-20)28-16-12-19(2)13-17-28;/h4-10,14,19H,3,11-13,15-18H2,1-2H3,(H2,24,26,27);1H. The second-order valence-corrected chi connectivity index (χ2v) is 7.53. The quantitative estimate of drug-likeness (QED) is 0.335. The van der Waals surface area contributed by atoms with E-state index in [1.807, 2.05) is 18.3 Å². The maximum Gasteiger partial charge on any atom is 0.191 e. The summed E-state index contributed by atoms with van der Waals surface area (Å²) < 4.78 is 0. The van der Waals surface area contributed by atoms with Crippen LogP contribution in [0.1, 0.15) is 37.9 Å². The average molecular weight is 507 g/mol. The highest BCUT2D eigenvalue weighted by molar-refractivity contribution is 14.0. The molecular weight excluding hydrogens is 473 g/mol. The van der Waals surface area contributed by atoms with Crippen molar-refractivity contribution in [3.63, 3.8) is 0 Å². The number of nitrogens with zero attached hydrogens (tertiary/aromatic N) is 3. The van der Waals surface area contributed by atoms with Gasteiger partial charge in [0.15, 0.2) is 5.96 Å². The number of piperidine rings is 1. The van der Waals surface area contributed by atoms with Crippen LogP contribution in [0.2, 0.25) is 0 Å². The first-order chi connectivity index (χ1) is 13.7. The second kappa shape index (κ2) is 12.7. The van der Waals surface area contributed by atoms with Crippen LogP contribution in [0.5, 0.6) is 0 Å². The zero-order chi connectivity index (χ0) is 19.6. The highest BCUT2D eigenvalue weighted by Gasteiger charge is 2.15. The van der Waals surface area contributed by atoms with Crippen molar-refractivity contribution in [3.8, 4) is 0 Å². The summed E-state index contributed by atoms with van der Waals surface area (Å²) in [5.41, 5.74) is 3.66. The van der Waals surface area contributed by atoms with Crippen LogP contribution < -0.4 is 15.5 Å². The first kappa shape index (κ1) is 23.4. The van der Waals surface area contributed by atoms with Gasteiger partial charge in [0.05, 0.1) is 6.54 Å². The van der Waals surface area contributed by atoms with Crippen LogP contribution >= 0.6 is 24.0 Å². The second-order valence-electron chi connectivity index (χ2n) is 7.53. The number of halogens is 1. The SMILES string of the molecule is CCNC(=NCc1ccc(N2CCC(C)CC2)cc1)NCCc1ccccn1.I. The Labute approximate surface area is 192 Å². The number of aliphatic imine (C=N–C) groups is 1. The zero-order valence-corrected chi connectivity index (χ0v) is 19.9. The van der Waals surface area contributed by atoms with Gasteiger partial charge < -0.3 is 15.5 Å². The van der Waals surface area contributed by atoms with Crippen molar-refractivity contribution in [2.24, 2.45) is 10.9 Å². The molecule has 1 fully saturated rings. The number of aromatic nitrogens is 1. The molecule has 1 aliphatic rings. The molecule has 0 saturated carbocycles. The molecule has 2 aromatic rings. The fourth-order valence-corrected chi connectivity index (χ4v) is 3.45. The van der Waals surface area contributed by atoms with Gasteiger partial charge in [-0.3, -0.25) is 4.98 Å². The van der Waals surface area contributed by atoms with Crippen molar-refractivity contribution in [1.82, 2.24) is 15.6 Å². The molecule has 0 spiro atoms. The molecule has 5 nitrogen and oxygen atoms in total. The minimum atomic E-state index is 0. The molecule has 1 aliphatic heterocycles. The van der Waals surface area contributed by atoms with E-state index in [1.54, 1.807) is 0 Å². The molecule has 29 heavy (non-hydrogen) atoms. The molecule has 1 saturated heterocycles. The Hall–Kier alpha value is -1.83. The molecule has 0 unspecified atom stereocenters. The third-order valence-electron chi connectivity index (χ3n) is 5.25. The highest BCUT2D eigenvalue weighted by Crippen LogP contribution is 2.23. The van der Waals surface area contributed by atoms with E-state index in [4.69, 9.17) is 4.99 Å². The molecule has 2 N–H and O–H groups in total. The van der Waals surface area contributed by atoms with Crippen LogP contribution in [0, 0.1) is 5.92 Å². The Morgan fingerprint density at radius 2 is 1.86 bits per heavy atom. The highest BCUT2D eigenvalue weighted by atomic mass is 127. The van der Waals surface area contributed by atoms with Gasteiger partial charge in [-0.1, -0.05) is 25.1 Å². The number of hydrogen-bond acceptors (Lipinski definition) is 3. The first-order valence-corrected chi connectivity index (χ1v) is 10.5. The lowest BCUT2D eigenvalue weighted by molar-refractivity contribution is 0.438. The van der Waals surface area contributed by atoms with Gasteiger partial charge >= 0.3 is 0 Å². The number of rotatable bonds is 7. The van der Waals surface area contributed by atoms with E-state index in [0.717, 1.165) is 37.1 Å². The summed E-state index contributed by atoms with van der Waals surface area (Å²) in [6, 6.07) is 14.9. The van der Waals surface area contributed by atoms with Crippen LogP contribution in [0.4, 0.5) is 5.69 Å². The summed E-state index contributed by atoms with van der Waals surface area (Å²) in [6.07, 6.45) is 5.31. The zero-order valence-electron chi connectivity index (χ0n) is 17.6. The van der Waals surface area contributed by atoms with Crippen molar-refractivity contribution in [3.05, 3.63) is 59.9 Å². The Morgan fingerprint density at radius 3 is 2.52 bits per heavy atom. The van der Waals surface area contributed by atoms with Gasteiger partial charge in [0.25, 0.3) is 0 Å². The number of pyridine rings is 1. The van der Waals surface area contributed by atoms with Gasteiger partial charge in [-0.15, -0.1) is 24.0 Å². The van der Waals surface area contributed by atoms with Crippen LogP contribution in [-0.4, -0.2) is 37.1 Å². The fraction of sp³-hybridized carbons (Fsp3) is 0.478. The molecule has 0 radical (unpaired) electrons. The number of anilines is 1. The van der Waals surface area contributed by atoms with Crippen molar-refractivity contribution in [1.29, 1.82) is 0 Å². The number of benzene rings is 1. The van der Waals surface area contributed by atoms with E-state index >= 15 is 0 Å². The van der Waals surface area contributed by atoms with E-state index in [0.29, 0.717) is 6.54 Å². The Balaban J connectivity index is 0.00000300. The van der Waals surface area contributed by atoms with E-state index in [9.17, 15) is 0 Å². The molecule has 0 amide bonds. The monoisotopic (exact) mass is 507 g/mol. The Morgan fingerprint density at radius 1 is 1.10 bits per heavy atom. The molecule has 0 bridgehead atoms. The van der Waals surface area contributed by atoms with E-state index in [2.05, 4.69) is 64.7 Å². The largest absolute Gasteiger partial charge is 0.372 e. The normalized spacial score (nSPS) is 15.0. The van der Waals surface area contributed by atoms with E-state index < -0.39 is 0 Å². The smallest absolute Gasteiger partial charge is 0.191 e. The molecule has 0 aliphatic carbocycles. The summed E-state index contributed by atoms with van der Waals surface area (Å²) in [6.45, 7) is 9.12. The van der Waals surface area contributed by atoms with Gasteiger partial charge in [-0.05, 0) is 55.5 Å². The molecule has 1 aromatic heterocycles. The van der Waals surface area contributed by atoms with Crippen molar-refractivity contribution in [2.75, 3.05) is 31.1 Å². The van der Waals surface area contributed by atoms with E-state index in [1.165, 1.54) is 37.2 Å². The summed E-state index contributed by atoms with van der Waals surface area (Å²) >= 11 is 0. The lowest BCUT2D eigenvalue weighted by Crippen LogP contribution is -2.38. The number of guanidine groups is 1. The predicted octanol–water partition coefficient (Wildman–Crippen LogP) is 4.23. The predicted molar refractivity (Wildman–Crippen MR) is 133 cm³/mol. The minimum absolute atomic E-state index is 0. The minimum Gasteiger partial charge on any atom is -0.372 e. The maximum atomic E-state index is 4.73. The maximum absolute atomic E-state index is 4.73. The van der Waals surface area contributed by atoms with Gasteiger partial charge in [0, 0.05) is 50.2 Å². The van der Waals surface area contributed by atoms with Gasteiger partial charge in [0.1, 0.15) is 0 Å². The average Bonchev–Trinajstić information content (AvgIpc) is 2.74. The third kappa shape index (κ3) is 7.84. The summed E-state index contributed by atoms with van der Waals surface area (Å²) in [5, 5.41) is 6.71. The van der Waals surface area contributed by atoms with Crippen LogP contribution in [0.25, 0.3) is 0 Å². The molecule has 2 heterocycles. The first-order valence-electron chi connectivity index (χ1n) is 10.5. The van der Waals surface area contributed by atoms with Crippen molar-refractivity contribution < 1.29 is 0 Å². The molecule has 158 valence electrons. The summed E-state index contributed by atoms with van der Waals surface area (Å²) in [7, 11) is 0. The summed E-state index contributed by atoms with van der Waals surface area (Å²) in [5.74, 6) is 1.71. The lowest BCUT2D eigenvalue weighted by Gasteiger charge is -2.32. The Bertz CT molecular complexity index is 725. The van der Waals surface area contributed by atoms with Crippen LogP contribution in [-0.2, 0) is 13.0 Å². The molecule has 6 heteroatoms. The Kier molecular flexibility index (Phi) is 10.2. The lowest BCUT2D eigenvalue weighted by atomic mass is 9.99. The van der Waals surface area contributed by atoms with Crippen molar-refractivity contribution in [2.45, 2.75) is 39.7 Å². The number of hydrogen-bond donors (Lipinski definition) is 2. The van der Waals surface area contributed by atoms with Gasteiger partial charge in [-0.2, -0.15) is 0 Å². The molecule has 1 aromatic carbocycles. The van der Waals surface area contributed by atoms with E-state index in [-0.39, 0.29) is 24.0 Å². The topological polar surface area (TPSA) is 52.6 Å². The molecule has 0 atom stereocenters.